The predicted molar refractivity (Wildman–Crippen MR) is 141 cm³/mol. The molecule has 10 nitrogen and oxygen atoms in total. The molecule has 1 aliphatic heterocycles. The van der Waals surface area contributed by atoms with E-state index in [2.05, 4.69) is 37.2 Å². The number of halogens is 2. The van der Waals surface area contributed by atoms with E-state index in [9.17, 15) is 24.5 Å². The van der Waals surface area contributed by atoms with E-state index in [1.54, 1.807) is 36.4 Å². The van der Waals surface area contributed by atoms with Crippen LogP contribution in [0.15, 0.2) is 75.2 Å². The number of non-ortho nitro benzene ring substituents is 1. The van der Waals surface area contributed by atoms with Crippen molar-refractivity contribution in [2.24, 2.45) is 0 Å². The summed E-state index contributed by atoms with van der Waals surface area (Å²) in [4.78, 5) is 49.7. The second-order valence-electron chi connectivity index (χ2n) is 7.67. The molecular formula is C25H17Br2N3O7. The molecule has 4 amide bonds. The minimum absolute atomic E-state index is 0.0446. The molecular weight excluding hydrogens is 614 g/mol. The Morgan fingerprint density at radius 2 is 1.70 bits per heavy atom. The second kappa shape index (κ2) is 10.9. The number of urea groups is 1. The van der Waals surface area contributed by atoms with Crippen molar-refractivity contribution in [3.8, 4) is 11.5 Å². The molecule has 1 N–H and O–H groups in total. The molecule has 3 aromatic rings. The van der Waals surface area contributed by atoms with Gasteiger partial charge in [-0.2, -0.15) is 0 Å². The predicted octanol–water partition coefficient (Wildman–Crippen LogP) is 5.37. The number of methoxy groups -OCH3 is 1. The van der Waals surface area contributed by atoms with Gasteiger partial charge in [-0.15, -0.1) is 0 Å². The number of carbonyl (C=O) groups is 3. The molecule has 37 heavy (non-hydrogen) atoms. The summed E-state index contributed by atoms with van der Waals surface area (Å²) < 4.78 is 12.2. The van der Waals surface area contributed by atoms with Crippen LogP contribution in [0, 0.1) is 10.1 Å². The van der Waals surface area contributed by atoms with Gasteiger partial charge in [0.25, 0.3) is 17.5 Å². The van der Waals surface area contributed by atoms with E-state index in [4.69, 9.17) is 9.47 Å². The molecule has 0 unspecified atom stereocenters. The third kappa shape index (κ3) is 5.70. The Hall–Kier alpha value is -4.03. The highest BCUT2D eigenvalue weighted by molar-refractivity contribution is 9.11. The molecule has 1 fully saturated rings. The van der Waals surface area contributed by atoms with Crippen molar-refractivity contribution in [2.45, 2.75) is 6.61 Å². The molecule has 0 atom stereocenters. The number of rotatable bonds is 7. The number of nitrogens with one attached hydrogen (secondary N) is 1. The van der Waals surface area contributed by atoms with Crippen LogP contribution in [0.4, 0.5) is 16.2 Å². The molecule has 1 heterocycles. The SMILES string of the molecule is COc1ccc(N2C(=O)NC(=O)/C(=C\c3cc(Br)cc(Br)c3OCc3ccc([N+](=O)[O-])cc3)C2=O)cc1. The third-order valence-electron chi connectivity index (χ3n) is 5.30. The fourth-order valence-electron chi connectivity index (χ4n) is 3.49. The van der Waals surface area contributed by atoms with Crippen LogP contribution in [0.25, 0.3) is 6.08 Å². The number of barbiturate groups is 1. The lowest BCUT2D eigenvalue weighted by atomic mass is 10.1. The zero-order valence-corrected chi connectivity index (χ0v) is 22.2. The lowest BCUT2D eigenvalue weighted by Gasteiger charge is -2.26. The molecule has 0 spiro atoms. The number of nitro benzene ring substituents is 1. The molecule has 12 heteroatoms. The molecule has 4 rings (SSSR count). The second-order valence-corrected chi connectivity index (χ2v) is 9.44. The van der Waals surface area contributed by atoms with Crippen molar-refractivity contribution in [3.63, 3.8) is 0 Å². The summed E-state index contributed by atoms with van der Waals surface area (Å²) in [6, 6.07) is 14.6. The van der Waals surface area contributed by atoms with Crippen molar-refractivity contribution in [1.29, 1.82) is 0 Å². The minimum Gasteiger partial charge on any atom is -0.497 e. The summed E-state index contributed by atoms with van der Waals surface area (Å²) in [5, 5.41) is 13.1. The number of imide groups is 2. The van der Waals surface area contributed by atoms with Gasteiger partial charge in [-0.05, 0) is 76.1 Å². The van der Waals surface area contributed by atoms with E-state index in [1.807, 2.05) is 0 Å². The highest BCUT2D eigenvalue weighted by Gasteiger charge is 2.37. The van der Waals surface area contributed by atoms with Gasteiger partial charge in [-0.3, -0.25) is 25.0 Å². The lowest BCUT2D eigenvalue weighted by molar-refractivity contribution is -0.384. The van der Waals surface area contributed by atoms with Crippen LogP contribution in [0.1, 0.15) is 11.1 Å². The molecule has 0 bridgehead atoms. The number of benzene rings is 3. The number of hydrogen-bond donors (Lipinski definition) is 1. The maximum absolute atomic E-state index is 13.3. The van der Waals surface area contributed by atoms with Gasteiger partial charge < -0.3 is 9.47 Å². The average Bonchev–Trinajstić information content (AvgIpc) is 2.86. The first-order valence-corrected chi connectivity index (χ1v) is 12.2. The molecule has 0 aromatic heterocycles. The lowest BCUT2D eigenvalue weighted by Crippen LogP contribution is -2.54. The van der Waals surface area contributed by atoms with Crippen molar-refractivity contribution in [1.82, 2.24) is 5.32 Å². The van der Waals surface area contributed by atoms with E-state index in [0.29, 0.717) is 31.6 Å². The van der Waals surface area contributed by atoms with Crippen LogP contribution in [0.3, 0.4) is 0 Å². The summed E-state index contributed by atoms with van der Waals surface area (Å²) in [5.41, 5.74) is 0.983. The first-order valence-electron chi connectivity index (χ1n) is 10.6. The third-order valence-corrected chi connectivity index (χ3v) is 6.35. The van der Waals surface area contributed by atoms with Gasteiger partial charge in [0.15, 0.2) is 0 Å². The maximum Gasteiger partial charge on any atom is 0.335 e. The molecule has 3 aromatic carbocycles. The smallest absolute Gasteiger partial charge is 0.335 e. The van der Waals surface area contributed by atoms with E-state index < -0.39 is 22.8 Å². The highest BCUT2D eigenvalue weighted by Crippen LogP contribution is 2.36. The van der Waals surface area contributed by atoms with Crippen LogP contribution in [-0.2, 0) is 16.2 Å². The first kappa shape index (κ1) is 26.0. The van der Waals surface area contributed by atoms with Crippen LogP contribution >= 0.6 is 31.9 Å². The van der Waals surface area contributed by atoms with Gasteiger partial charge in [0, 0.05) is 22.2 Å². The van der Waals surface area contributed by atoms with Crippen LogP contribution < -0.4 is 19.7 Å². The van der Waals surface area contributed by atoms with Gasteiger partial charge in [0.05, 0.1) is 22.2 Å². The number of hydrogen-bond acceptors (Lipinski definition) is 7. The van der Waals surface area contributed by atoms with E-state index >= 15 is 0 Å². The van der Waals surface area contributed by atoms with Crippen molar-refractivity contribution >= 4 is 67.2 Å². The number of nitro groups is 1. The molecule has 0 aliphatic carbocycles. The van der Waals surface area contributed by atoms with Gasteiger partial charge in [-0.1, -0.05) is 15.9 Å². The van der Waals surface area contributed by atoms with Crippen molar-refractivity contribution in [2.75, 3.05) is 12.0 Å². The van der Waals surface area contributed by atoms with Gasteiger partial charge in [0.2, 0.25) is 0 Å². The molecule has 1 saturated heterocycles. The number of ether oxygens (including phenoxy) is 2. The van der Waals surface area contributed by atoms with Crippen molar-refractivity contribution in [3.05, 3.63) is 96.4 Å². The maximum atomic E-state index is 13.3. The molecule has 0 saturated carbocycles. The number of carbonyl (C=O) groups excluding carboxylic acids is 3. The minimum atomic E-state index is -0.873. The Labute approximate surface area is 227 Å². The quantitative estimate of drug-likeness (QED) is 0.161. The topological polar surface area (TPSA) is 128 Å². The molecule has 0 radical (unpaired) electrons. The zero-order chi connectivity index (χ0) is 26.7. The van der Waals surface area contributed by atoms with E-state index in [-0.39, 0.29) is 23.6 Å². The summed E-state index contributed by atoms with van der Waals surface area (Å²) in [7, 11) is 1.49. The monoisotopic (exact) mass is 629 g/mol. The number of amides is 4. The van der Waals surface area contributed by atoms with Crippen LogP contribution in [0.5, 0.6) is 11.5 Å². The molecule has 1 aliphatic rings. The Kier molecular flexibility index (Phi) is 7.69. The number of anilines is 1. The Balaban J connectivity index is 1.67. The van der Waals surface area contributed by atoms with Gasteiger partial charge in [0.1, 0.15) is 23.7 Å². The fourth-order valence-corrected chi connectivity index (χ4v) is 4.86. The van der Waals surface area contributed by atoms with Crippen molar-refractivity contribution < 1.29 is 28.8 Å². The van der Waals surface area contributed by atoms with Gasteiger partial charge >= 0.3 is 6.03 Å². The zero-order valence-electron chi connectivity index (χ0n) is 19.1. The summed E-state index contributed by atoms with van der Waals surface area (Å²) >= 11 is 6.82. The van der Waals surface area contributed by atoms with E-state index in [0.717, 1.165) is 4.90 Å². The standard InChI is InChI=1S/C25H17Br2N3O7/c1-36-19-8-6-17(7-9-19)29-24(32)20(23(31)28-25(29)33)11-15-10-16(26)12-21(27)22(15)37-13-14-2-4-18(5-3-14)30(34)35/h2-12H,13H2,1H3,(H,28,31,33)/b20-11+. The largest absolute Gasteiger partial charge is 0.497 e. The van der Waals surface area contributed by atoms with Gasteiger partial charge in [-0.25, -0.2) is 9.69 Å². The van der Waals surface area contributed by atoms with Crippen LogP contribution in [0.2, 0.25) is 0 Å². The average molecular weight is 631 g/mol. The van der Waals surface area contributed by atoms with Crippen LogP contribution in [-0.4, -0.2) is 29.9 Å². The Bertz CT molecular complexity index is 1440. The summed E-state index contributed by atoms with van der Waals surface area (Å²) in [5.74, 6) is -0.801. The molecule has 188 valence electrons. The summed E-state index contributed by atoms with van der Waals surface area (Å²) in [6.45, 7) is 0.0605. The highest BCUT2D eigenvalue weighted by atomic mass is 79.9. The van der Waals surface area contributed by atoms with E-state index in [1.165, 1.54) is 37.5 Å². The fraction of sp³-hybridized carbons (Fsp3) is 0.0800. The summed E-state index contributed by atoms with van der Waals surface area (Å²) in [6.07, 6.45) is 1.33. The normalized spacial score (nSPS) is 14.5. The number of nitrogens with zero attached hydrogens (tertiary/aromatic N) is 2. The Morgan fingerprint density at radius 3 is 2.32 bits per heavy atom. The first-order chi connectivity index (χ1) is 17.7. The Morgan fingerprint density at radius 1 is 1.03 bits per heavy atom.